The Hall–Kier alpha value is -1.75. The number of nitrogens with one attached hydrogen (secondary N) is 2. The third-order valence-corrected chi connectivity index (χ3v) is 4.05. The van der Waals surface area contributed by atoms with Crippen LogP contribution in [0.25, 0.3) is 10.9 Å². The first kappa shape index (κ1) is 13.2. The molecule has 0 bridgehead atoms. The van der Waals surface area contributed by atoms with E-state index in [9.17, 15) is 0 Å². The average Bonchev–Trinajstić information content (AvgIpc) is 2.72. The number of H-pyrrole nitrogens is 1. The van der Waals surface area contributed by atoms with Gasteiger partial charge in [-0.2, -0.15) is 5.10 Å². The van der Waals surface area contributed by atoms with Gasteiger partial charge in [0.05, 0.1) is 23.1 Å². The predicted octanol–water partition coefficient (Wildman–Crippen LogP) is 2.43. The van der Waals surface area contributed by atoms with Crippen LogP contribution in [0, 0.1) is 0 Å². The number of hydrogen-bond donors (Lipinski definition) is 3. The van der Waals surface area contributed by atoms with Gasteiger partial charge < -0.3 is 16.0 Å². The number of rotatable bonds is 4. The highest BCUT2D eigenvalue weighted by Gasteiger charge is 2.09. The number of benzene rings is 1. The van der Waals surface area contributed by atoms with Crippen LogP contribution in [-0.4, -0.2) is 41.3 Å². The van der Waals surface area contributed by atoms with Crippen molar-refractivity contribution in [2.75, 3.05) is 37.2 Å². The van der Waals surface area contributed by atoms with Gasteiger partial charge in [-0.25, -0.2) is 0 Å². The molecule has 5 nitrogen and oxygen atoms in total. The summed E-state index contributed by atoms with van der Waals surface area (Å²) in [7, 11) is 0. The number of nitrogens with two attached hydrogens (primary N) is 1. The lowest BCUT2D eigenvalue weighted by atomic mass is 10.2. The maximum atomic E-state index is 6.07. The molecule has 0 saturated carbocycles. The first-order chi connectivity index (χ1) is 9.83. The van der Waals surface area contributed by atoms with Crippen molar-refractivity contribution in [2.24, 2.45) is 0 Å². The Morgan fingerprint density at radius 2 is 2.00 bits per heavy atom. The van der Waals surface area contributed by atoms with E-state index < -0.39 is 0 Å². The normalized spacial score (nSPS) is 17.2. The SMILES string of the molecule is Nc1cc2cn[nH]c2cc1NCCN1CCCCCC1. The largest absolute Gasteiger partial charge is 0.397 e. The van der Waals surface area contributed by atoms with Gasteiger partial charge in [0, 0.05) is 18.5 Å². The van der Waals surface area contributed by atoms with Gasteiger partial charge in [-0.05, 0) is 38.1 Å². The maximum Gasteiger partial charge on any atom is 0.0672 e. The van der Waals surface area contributed by atoms with Crippen molar-refractivity contribution in [1.82, 2.24) is 15.1 Å². The minimum atomic E-state index is 0.787. The lowest BCUT2D eigenvalue weighted by molar-refractivity contribution is 0.296. The molecule has 1 aromatic carbocycles. The molecular formula is C15H23N5. The number of likely N-dealkylation sites (tertiary alicyclic amines) is 1. The molecule has 1 aliphatic heterocycles. The Balaban J connectivity index is 1.57. The lowest BCUT2D eigenvalue weighted by Gasteiger charge is -2.20. The van der Waals surface area contributed by atoms with Crippen molar-refractivity contribution < 1.29 is 0 Å². The van der Waals surface area contributed by atoms with Crippen LogP contribution in [0.2, 0.25) is 0 Å². The van der Waals surface area contributed by atoms with E-state index in [2.05, 4.69) is 20.4 Å². The monoisotopic (exact) mass is 273 g/mol. The number of nitrogen functional groups attached to an aromatic ring is 1. The molecule has 20 heavy (non-hydrogen) atoms. The Kier molecular flexibility index (Phi) is 4.06. The topological polar surface area (TPSA) is 70.0 Å². The van der Waals surface area contributed by atoms with Gasteiger partial charge in [0.25, 0.3) is 0 Å². The fourth-order valence-corrected chi connectivity index (χ4v) is 2.87. The highest BCUT2D eigenvalue weighted by Crippen LogP contribution is 2.24. The standard InChI is InChI=1S/C15H23N5/c16-13-9-12-11-18-19-14(12)10-15(13)17-5-8-20-6-3-1-2-4-7-20/h9-11,17H,1-8,16H2,(H,18,19). The molecule has 2 aromatic rings. The van der Waals surface area contributed by atoms with Crippen molar-refractivity contribution in [1.29, 1.82) is 0 Å². The fraction of sp³-hybridized carbons (Fsp3) is 0.533. The molecule has 0 aliphatic carbocycles. The van der Waals surface area contributed by atoms with Crippen molar-refractivity contribution in [3.05, 3.63) is 18.3 Å². The number of aromatic nitrogens is 2. The number of hydrogen-bond acceptors (Lipinski definition) is 4. The third kappa shape index (κ3) is 3.04. The summed E-state index contributed by atoms with van der Waals surface area (Å²) >= 11 is 0. The van der Waals surface area contributed by atoms with E-state index in [4.69, 9.17) is 5.73 Å². The molecule has 0 spiro atoms. The van der Waals surface area contributed by atoms with E-state index in [1.165, 1.54) is 38.8 Å². The highest BCUT2D eigenvalue weighted by molar-refractivity contribution is 5.88. The number of nitrogens with zero attached hydrogens (tertiary/aromatic N) is 2. The zero-order valence-corrected chi connectivity index (χ0v) is 11.9. The van der Waals surface area contributed by atoms with Gasteiger partial charge in [-0.15, -0.1) is 0 Å². The van der Waals surface area contributed by atoms with Crippen molar-refractivity contribution >= 4 is 22.3 Å². The molecule has 1 aromatic heterocycles. The van der Waals surface area contributed by atoms with Gasteiger partial charge in [0.1, 0.15) is 0 Å². The fourth-order valence-electron chi connectivity index (χ4n) is 2.87. The molecule has 0 amide bonds. The van der Waals surface area contributed by atoms with Gasteiger partial charge in [-0.3, -0.25) is 5.10 Å². The first-order valence-corrected chi connectivity index (χ1v) is 7.52. The molecule has 1 saturated heterocycles. The van der Waals surface area contributed by atoms with E-state index in [0.717, 1.165) is 35.4 Å². The van der Waals surface area contributed by atoms with Crippen molar-refractivity contribution in [2.45, 2.75) is 25.7 Å². The Morgan fingerprint density at radius 1 is 1.20 bits per heavy atom. The Bertz CT molecular complexity index is 554. The van der Waals surface area contributed by atoms with Crippen LogP contribution in [-0.2, 0) is 0 Å². The van der Waals surface area contributed by atoms with E-state index in [1.54, 1.807) is 6.20 Å². The van der Waals surface area contributed by atoms with Crippen molar-refractivity contribution in [3.63, 3.8) is 0 Å². The number of anilines is 2. The van der Waals surface area contributed by atoms with Crippen LogP contribution in [0.5, 0.6) is 0 Å². The summed E-state index contributed by atoms with van der Waals surface area (Å²) in [5.41, 5.74) is 8.88. The molecule has 2 heterocycles. The minimum absolute atomic E-state index is 0.787. The summed E-state index contributed by atoms with van der Waals surface area (Å²) < 4.78 is 0. The molecule has 5 heteroatoms. The van der Waals surface area contributed by atoms with Crippen LogP contribution in [0.1, 0.15) is 25.7 Å². The molecule has 4 N–H and O–H groups in total. The Labute approximate surface area is 119 Å². The van der Waals surface area contributed by atoms with Gasteiger partial charge in [0.2, 0.25) is 0 Å². The Morgan fingerprint density at radius 3 is 2.80 bits per heavy atom. The molecule has 108 valence electrons. The second kappa shape index (κ2) is 6.13. The number of fused-ring (bicyclic) bond motifs is 1. The molecule has 1 aliphatic rings. The van der Waals surface area contributed by atoms with E-state index >= 15 is 0 Å². The first-order valence-electron chi connectivity index (χ1n) is 7.52. The molecular weight excluding hydrogens is 250 g/mol. The van der Waals surface area contributed by atoms with Crippen LogP contribution in [0.4, 0.5) is 11.4 Å². The quantitative estimate of drug-likeness (QED) is 0.748. The summed E-state index contributed by atoms with van der Waals surface area (Å²) in [6.45, 7) is 4.48. The molecule has 0 atom stereocenters. The lowest BCUT2D eigenvalue weighted by Crippen LogP contribution is -2.30. The number of aromatic amines is 1. The summed E-state index contributed by atoms with van der Waals surface area (Å²) in [5.74, 6) is 0. The summed E-state index contributed by atoms with van der Waals surface area (Å²) in [4.78, 5) is 2.55. The second-order valence-electron chi connectivity index (χ2n) is 5.58. The molecule has 0 unspecified atom stereocenters. The van der Waals surface area contributed by atoms with Crippen LogP contribution in [0.15, 0.2) is 18.3 Å². The zero-order chi connectivity index (χ0) is 13.8. The van der Waals surface area contributed by atoms with Gasteiger partial charge in [-0.1, -0.05) is 12.8 Å². The van der Waals surface area contributed by atoms with E-state index in [-0.39, 0.29) is 0 Å². The van der Waals surface area contributed by atoms with E-state index in [0.29, 0.717) is 0 Å². The minimum Gasteiger partial charge on any atom is -0.397 e. The zero-order valence-electron chi connectivity index (χ0n) is 11.9. The molecule has 1 fully saturated rings. The summed E-state index contributed by atoms with van der Waals surface area (Å²) in [6, 6.07) is 4.01. The summed E-state index contributed by atoms with van der Waals surface area (Å²) in [6.07, 6.45) is 7.23. The van der Waals surface area contributed by atoms with Crippen LogP contribution >= 0.6 is 0 Å². The van der Waals surface area contributed by atoms with E-state index in [1.807, 2.05) is 12.1 Å². The average molecular weight is 273 g/mol. The van der Waals surface area contributed by atoms with Crippen LogP contribution < -0.4 is 11.1 Å². The predicted molar refractivity (Wildman–Crippen MR) is 83.9 cm³/mol. The molecule has 0 radical (unpaired) electrons. The summed E-state index contributed by atoms with van der Waals surface area (Å²) in [5, 5.41) is 11.5. The van der Waals surface area contributed by atoms with Gasteiger partial charge >= 0.3 is 0 Å². The van der Waals surface area contributed by atoms with Crippen molar-refractivity contribution in [3.8, 4) is 0 Å². The second-order valence-corrected chi connectivity index (χ2v) is 5.58. The third-order valence-electron chi connectivity index (χ3n) is 4.05. The highest BCUT2D eigenvalue weighted by atomic mass is 15.1. The van der Waals surface area contributed by atoms with Crippen LogP contribution in [0.3, 0.4) is 0 Å². The smallest absolute Gasteiger partial charge is 0.0672 e. The maximum absolute atomic E-state index is 6.07. The molecule has 3 rings (SSSR count). The van der Waals surface area contributed by atoms with Gasteiger partial charge in [0.15, 0.2) is 0 Å².